The van der Waals surface area contributed by atoms with E-state index in [0.717, 1.165) is 0 Å². The fourth-order valence-corrected chi connectivity index (χ4v) is 6.51. The number of carbonyl (C=O) groups is 1. The summed E-state index contributed by atoms with van der Waals surface area (Å²) in [6, 6.07) is 4.53. The first kappa shape index (κ1) is 26.2. The molecule has 0 spiro atoms. The van der Waals surface area contributed by atoms with E-state index in [1.807, 2.05) is 4.90 Å². The van der Waals surface area contributed by atoms with Crippen LogP contribution in [-0.4, -0.2) is 82.7 Å². The predicted molar refractivity (Wildman–Crippen MR) is 126 cm³/mol. The van der Waals surface area contributed by atoms with E-state index in [2.05, 4.69) is 15.6 Å². The molecule has 1 aromatic heterocycles. The van der Waals surface area contributed by atoms with Crippen LogP contribution in [0.15, 0.2) is 29.4 Å². The molecule has 0 radical (unpaired) electrons. The molecule has 0 bridgehead atoms. The van der Waals surface area contributed by atoms with Gasteiger partial charge in [-0.05, 0) is 31.0 Å². The van der Waals surface area contributed by atoms with Crippen molar-refractivity contribution in [3.63, 3.8) is 0 Å². The minimum absolute atomic E-state index is 0.132. The zero-order valence-electron chi connectivity index (χ0n) is 19.1. The highest BCUT2D eigenvalue weighted by Crippen LogP contribution is 2.42. The second kappa shape index (κ2) is 9.89. The number of nitrogens with one attached hydrogen (secondary N) is 1. The van der Waals surface area contributed by atoms with Crippen LogP contribution in [0.4, 0.5) is 8.78 Å². The Morgan fingerprint density at radius 1 is 1.11 bits per heavy atom. The molecule has 1 aromatic carbocycles. The van der Waals surface area contributed by atoms with Crippen molar-refractivity contribution in [1.29, 1.82) is 0 Å². The summed E-state index contributed by atoms with van der Waals surface area (Å²) in [5.41, 5.74) is -0.481. The topological polar surface area (TPSA) is 100 Å². The molecule has 9 nitrogen and oxygen atoms in total. The average molecular weight is 551 g/mol. The molecule has 14 heteroatoms. The van der Waals surface area contributed by atoms with Gasteiger partial charge in [-0.25, -0.2) is 17.2 Å². The molecule has 1 amide bonds. The van der Waals surface area contributed by atoms with Crippen LogP contribution in [0.3, 0.4) is 0 Å². The number of rotatable bonds is 6. The second-order valence-corrected chi connectivity index (χ2v) is 11.7. The number of sulfonamides is 1. The first-order chi connectivity index (χ1) is 16.4. The van der Waals surface area contributed by atoms with Gasteiger partial charge < -0.3 is 5.32 Å². The first-order valence-corrected chi connectivity index (χ1v) is 13.3. The highest BCUT2D eigenvalue weighted by atomic mass is 35.5. The van der Waals surface area contributed by atoms with Crippen molar-refractivity contribution in [1.82, 2.24) is 29.5 Å². The maximum atomic E-state index is 14.0. The van der Waals surface area contributed by atoms with Crippen LogP contribution in [0.25, 0.3) is 0 Å². The third kappa shape index (κ3) is 5.61. The SMILES string of the molecule is Cn1cc(S(=O)(=O)N2CCN(C3(CNC(=O)c4ccc(Cl)cc4Cl)CCC(F)(F)CC3)CC2)nn1. The number of halogens is 4. The van der Waals surface area contributed by atoms with Crippen LogP contribution in [0.1, 0.15) is 36.0 Å². The van der Waals surface area contributed by atoms with Crippen LogP contribution in [-0.2, 0) is 17.1 Å². The molecule has 2 fully saturated rings. The van der Waals surface area contributed by atoms with Gasteiger partial charge in [-0.15, -0.1) is 5.10 Å². The van der Waals surface area contributed by atoms with E-state index in [1.165, 1.54) is 27.3 Å². The minimum Gasteiger partial charge on any atom is -0.350 e. The molecule has 1 saturated heterocycles. The number of nitrogens with zero attached hydrogens (tertiary/aromatic N) is 5. The van der Waals surface area contributed by atoms with Gasteiger partial charge in [0.2, 0.25) is 10.9 Å². The zero-order valence-corrected chi connectivity index (χ0v) is 21.4. The van der Waals surface area contributed by atoms with Crippen molar-refractivity contribution < 1.29 is 22.0 Å². The Kier molecular flexibility index (Phi) is 7.41. The molecule has 1 aliphatic carbocycles. The number of alkyl halides is 2. The van der Waals surface area contributed by atoms with Gasteiger partial charge in [0, 0.05) is 63.2 Å². The molecule has 2 aromatic rings. The minimum atomic E-state index is -3.81. The second-order valence-electron chi connectivity index (χ2n) is 9.01. The van der Waals surface area contributed by atoms with Gasteiger partial charge in [-0.1, -0.05) is 28.4 Å². The van der Waals surface area contributed by atoms with E-state index in [1.54, 1.807) is 13.1 Å². The van der Waals surface area contributed by atoms with E-state index in [9.17, 15) is 22.0 Å². The quantitative estimate of drug-likeness (QED) is 0.593. The lowest BCUT2D eigenvalue weighted by molar-refractivity contribution is -0.0856. The van der Waals surface area contributed by atoms with E-state index in [0.29, 0.717) is 18.1 Å². The maximum Gasteiger partial charge on any atom is 0.264 e. The summed E-state index contributed by atoms with van der Waals surface area (Å²) in [4.78, 5) is 14.8. The molecule has 1 N–H and O–H groups in total. The van der Waals surface area contributed by atoms with E-state index in [4.69, 9.17) is 23.2 Å². The van der Waals surface area contributed by atoms with Crippen LogP contribution in [0.5, 0.6) is 0 Å². The van der Waals surface area contributed by atoms with Gasteiger partial charge in [-0.2, -0.15) is 4.31 Å². The fraction of sp³-hybridized carbons (Fsp3) is 0.571. The summed E-state index contributed by atoms with van der Waals surface area (Å²) in [6.07, 6.45) is 1.08. The van der Waals surface area contributed by atoms with Crippen molar-refractivity contribution in [2.24, 2.45) is 7.05 Å². The Labute approximate surface area is 212 Å². The van der Waals surface area contributed by atoms with Crippen LogP contribution >= 0.6 is 23.2 Å². The summed E-state index contributed by atoms with van der Waals surface area (Å²) in [5, 5.41) is 10.7. The van der Waals surface area contributed by atoms with Gasteiger partial charge in [-0.3, -0.25) is 14.4 Å². The highest BCUT2D eigenvalue weighted by molar-refractivity contribution is 7.89. The van der Waals surface area contributed by atoms with E-state index >= 15 is 0 Å². The summed E-state index contributed by atoms with van der Waals surface area (Å²) >= 11 is 12.1. The van der Waals surface area contributed by atoms with Gasteiger partial charge in [0.15, 0.2) is 0 Å². The van der Waals surface area contributed by atoms with Gasteiger partial charge in [0.05, 0.1) is 16.8 Å². The van der Waals surface area contributed by atoms with Crippen LogP contribution in [0, 0.1) is 0 Å². The Balaban J connectivity index is 1.47. The number of benzene rings is 1. The van der Waals surface area contributed by atoms with Gasteiger partial charge in [0.1, 0.15) is 0 Å². The number of carbonyl (C=O) groups excluding carboxylic acids is 1. The zero-order chi connectivity index (χ0) is 25.4. The maximum absolute atomic E-state index is 14.0. The molecular formula is C21H26Cl2F2N6O3S. The standard InChI is InChI=1S/C21H26Cl2F2N6O3S/c1-29-13-18(27-28-29)35(33,34)31-10-8-30(9-11-31)20(4-6-21(24,25)7-5-20)14-26-19(32)16-3-2-15(22)12-17(16)23/h2-3,12-13H,4-11,14H2,1H3,(H,26,32). The molecule has 1 saturated carbocycles. The number of aryl methyl sites for hydroxylation is 1. The lowest BCUT2D eigenvalue weighted by Crippen LogP contribution is -2.63. The first-order valence-electron chi connectivity index (χ1n) is 11.1. The molecule has 4 rings (SSSR count). The van der Waals surface area contributed by atoms with Gasteiger partial charge in [0.25, 0.3) is 15.9 Å². The number of aromatic nitrogens is 3. The van der Waals surface area contributed by atoms with Crippen LogP contribution in [0.2, 0.25) is 10.0 Å². The van der Waals surface area contributed by atoms with E-state index in [-0.39, 0.29) is 60.9 Å². The summed E-state index contributed by atoms with van der Waals surface area (Å²) in [6.45, 7) is 1.16. The fourth-order valence-electron chi connectivity index (χ4n) is 4.68. The van der Waals surface area contributed by atoms with E-state index < -0.39 is 27.4 Å². The normalized spacial score (nSPS) is 21.1. The number of amides is 1. The van der Waals surface area contributed by atoms with Gasteiger partial charge >= 0.3 is 0 Å². The monoisotopic (exact) mass is 550 g/mol. The van der Waals surface area contributed by atoms with Crippen molar-refractivity contribution >= 4 is 39.1 Å². The lowest BCUT2D eigenvalue weighted by Gasteiger charge is -2.50. The number of piperazine rings is 1. The Bertz CT molecular complexity index is 1190. The molecular weight excluding hydrogens is 525 g/mol. The van der Waals surface area contributed by atoms with Crippen molar-refractivity contribution in [3.05, 3.63) is 40.0 Å². The smallest absolute Gasteiger partial charge is 0.264 e. The molecule has 35 heavy (non-hydrogen) atoms. The van der Waals surface area contributed by atoms with Crippen molar-refractivity contribution in [2.75, 3.05) is 32.7 Å². The average Bonchev–Trinajstić information content (AvgIpc) is 3.26. The Hall–Kier alpha value is -1.86. The van der Waals surface area contributed by atoms with Crippen molar-refractivity contribution in [2.45, 2.75) is 42.2 Å². The number of hydrogen-bond donors (Lipinski definition) is 1. The molecule has 0 unspecified atom stereocenters. The predicted octanol–water partition coefficient (Wildman–Crippen LogP) is 2.81. The highest BCUT2D eigenvalue weighted by Gasteiger charge is 2.48. The Morgan fingerprint density at radius 3 is 2.34 bits per heavy atom. The molecule has 2 heterocycles. The Morgan fingerprint density at radius 2 is 1.77 bits per heavy atom. The van der Waals surface area contributed by atoms with Crippen molar-refractivity contribution in [3.8, 4) is 0 Å². The summed E-state index contributed by atoms with van der Waals surface area (Å²) < 4.78 is 56.5. The third-order valence-electron chi connectivity index (χ3n) is 6.76. The summed E-state index contributed by atoms with van der Waals surface area (Å²) in [7, 11) is -2.23. The van der Waals surface area contributed by atoms with Crippen LogP contribution < -0.4 is 5.32 Å². The largest absolute Gasteiger partial charge is 0.350 e. The summed E-state index contributed by atoms with van der Waals surface area (Å²) in [5.74, 6) is -3.18. The third-order valence-corrected chi connectivity index (χ3v) is 9.07. The molecule has 1 aliphatic heterocycles. The number of hydrogen-bond acceptors (Lipinski definition) is 6. The molecule has 192 valence electrons. The lowest BCUT2D eigenvalue weighted by atomic mass is 9.78. The molecule has 0 atom stereocenters. The molecule has 2 aliphatic rings.